The van der Waals surface area contributed by atoms with Crippen LogP contribution in [0.2, 0.25) is 0 Å². The Morgan fingerprint density at radius 2 is 1.76 bits per heavy atom. The van der Waals surface area contributed by atoms with Crippen LogP contribution < -0.4 is 10.6 Å². The first-order valence-corrected chi connectivity index (χ1v) is 9.31. The fraction of sp³-hybridized carbons (Fsp3) is 0.0870. The molecule has 0 unspecified atom stereocenters. The normalized spacial score (nSPS) is 12.3. The third-order valence-corrected chi connectivity index (χ3v) is 5.27. The number of rotatable bonds is 3. The molecule has 0 spiro atoms. The van der Waals surface area contributed by atoms with Crippen molar-refractivity contribution in [2.24, 2.45) is 10.7 Å². The lowest BCUT2D eigenvalue weighted by Crippen LogP contribution is -2.14. The largest absolute Gasteiger partial charge is 0.378 e. The first kappa shape index (κ1) is 17.2. The van der Waals surface area contributed by atoms with Crippen LogP contribution in [0.5, 0.6) is 0 Å². The number of anilines is 1. The van der Waals surface area contributed by atoms with E-state index in [1.54, 1.807) is 4.52 Å². The van der Waals surface area contributed by atoms with Gasteiger partial charge in [0.15, 0.2) is 0 Å². The number of amides is 1. The topological polar surface area (TPSA) is 76.0 Å². The fourth-order valence-electron chi connectivity index (χ4n) is 3.83. The van der Waals surface area contributed by atoms with Gasteiger partial charge in [0.25, 0.3) is 5.91 Å². The van der Waals surface area contributed by atoms with Crippen LogP contribution in [0, 0.1) is 0 Å². The number of fused-ring (bicyclic) bond motifs is 2. The number of para-hydroxylation sites is 1. The van der Waals surface area contributed by atoms with E-state index >= 15 is 0 Å². The van der Waals surface area contributed by atoms with Crippen molar-refractivity contribution in [3.05, 3.63) is 83.7 Å². The molecule has 6 heteroatoms. The molecule has 4 aromatic rings. The lowest BCUT2D eigenvalue weighted by atomic mass is 9.96. The molecule has 3 heterocycles. The van der Waals surface area contributed by atoms with E-state index in [0.29, 0.717) is 5.56 Å². The van der Waals surface area contributed by atoms with Gasteiger partial charge in [-0.25, -0.2) is 9.51 Å². The smallest absolute Gasteiger partial charge is 0.251 e. The van der Waals surface area contributed by atoms with Gasteiger partial charge in [-0.1, -0.05) is 30.3 Å². The molecular formula is C23H19N5O. The minimum atomic E-state index is -0.504. The molecule has 2 N–H and O–H groups in total. The molecule has 2 aromatic heterocycles. The van der Waals surface area contributed by atoms with Crippen molar-refractivity contribution >= 4 is 28.5 Å². The molecule has 29 heavy (non-hydrogen) atoms. The molecule has 0 aliphatic carbocycles. The zero-order valence-electron chi connectivity index (χ0n) is 16.1. The lowest BCUT2D eigenvalue weighted by Gasteiger charge is -2.13. The first-order chi connectivity index (χ1) is 14.0. The highest BCUT2D eigenvalue weighted by Crippen LogP contribution is 2.40. The van der Waals surface area contributed by atoms with Gasteiger partial charge in [0, 0.05) is 48.2 Å². The Morgan fingerprint density at radius 3 is 2.48 bits per heavy atom. The van der Waals surface area contributed by atoms with Gasteiger partial charge in [0.05, 0.1) is 28.7 Å². The van der Waals surface area contributed by atoms with Crippen LogP contribution in [0.25, 0.3) is 16.6 Å². The van der Waals surface area contributed by atoms with Crippen molar-refractivity contribution < 1.29 is 4.79 Å². The predicted molar refractivity (Wildman–Crippen MR) is 115 cm³/mol. The van der Waals surface area contributed by atoms with Crippen LogP contribution in [-0.4, -0.2) is 35.3 Å². The second-order valence-corrected chi connectivity index (χ2v) is 7.24. The van der Waals surface area contributed by atoms with E-state index in [2.05, 4.69) is 34.3 Å². The molecule has 142 valence electrons. The summed E-state index contributed by atoms with van der Waals surface area (Å²) in [5.41, 5.74) is 13.2. The molecular weight excluding hydrogens is 362 g/mol. The molecule has 5 rings (SSSR count). The monoisotopic (exact) mass is 381 g/mol. The van der Waals surface area contributed by atoms with Crippen molar-refractivity contribution in [3.8, 4) is 11.1 Å². The summed E-state index contributed by atoms with van der Waals surface area (Å²) in [6.45, 7) is 0. The van der Waals surface area contributed by atoms with E-state index in [1.165, 1.54) is 6.20 Å². The van der Waals surface area contributed by atoms with Gasteiger partial charge >= 0.3 is 0 Å². The van der Waals surface area contributed by atoms with Gasteiger partial charge in [-0.15, -0.1) is 0 Å². The van der Waals surface area contributed by atoms with Crippen LogP contribution in [0.15, 0.2) is 72.0 Å². The highest BCUT2D eigenvalue weighted by molar-refractivity contribution is 6.22. The zero-order chi connectivity index (χ0) is 20.1. The molecule has 0 bridgehead atoms. The molecule has 0 saturated heterocycles. The summed E-state index contributed by atoms with van der Waals surface area (Å²) in [6, 6.07) is 18.1. The summed E-state index contributed by atoms with van der Waals surface area (Å²) in [5, 5.41) is 4.40. The van der Waals surface area contributed by atoms with Gasteiger partial charge in [0.2, 0.25) is 0 Å². The van der Waals surface area contributed by atoms with Gasteiger partial charge in [-0.3, -0.25) is 4.79 Å². The zero-order valence-corrected chi connectivity index (χ0v) is 16.1. The summed E-state index contributed by atoms with van der Waals surface area (Å²) in [6.07, 6.45) is 3.42. The Morgan fingerprint density at radius 1 is 1.00 bits per heavy atom. The van der Waals surface area contributed by atoms with Crippen LogP contribution in [0.3, 0.4) is 0 Å². The Bertz CT molecular complexity index is 1300. The van der Waals surface area contributed by atoms with Gasteiger partial charge < -0.3 is 10.6 Å². The summed E-state index contributed by atoms with van der Waals surface area (Å²) in [4.78, 5) is 19.3. The third kappa shape index (κ3) is 2.61. The average Bonchev–Trinajstić information content (AvgIpc) is 3.09. The van der Waals surface area contributed by atoms with Gasteiger partial charge in [0.1, 0.15) is 0 Å². The van der Waals surface area contributed by atoms with Crippen molar-refractivity contribution in [1.29, 1.82) is 0 Å². The second kappa shape index (κ2) is 6.31. The van der Waals surface area contributed by atoms with E-state index < -0.39 is 5.91 Å². The minimum Gasteiger partial charge on any atom is -0.378 e. The van der Waals surface area contributed by atoms with Crippen molar-refractivity contribution in [3.63, 3.8) is 0 Å². The number of primary amides is 1. The highest BCUT2D eigenvalue weighted by atomic mass is 16.1. The molecule has 6 nitrogen and oxygen atoms in total. The van der Waals surface area contributed by atoms with Crippen LogP contribution in [-0.2, 0) is 0 Å². The molecule has 1 aliphatic heterocycles. The number of hydrogen-bond acceptors (Lipinski definition) is 4. The lowest BCUT2D eigenvalue weighted by molar-refractivity contribution is 0.100. The Kier molecular flexibility index (Phi) is 3.74. The standard InChI is InChI=1S/C23H19N5O/c1-27(2)15-9-7-14(8-10-15)21-17-11-12-28-22(17)20(18(13-25-28)23(24)29)16-5-3-4-6-19(16)26-21/h3-13H,1-2H3,(H2,24,29). The van der Waals surface area contributed by atoms with Crippen LogP contribution in [0.4, 0.5) is 11.4 Å². The highest BCUT2D eigenvalue weighted by Gasteiger charge is 2.25. The molecule has 1 amide bonds. The maximum atomic E-state index is 12.2. The number of benzene rings is 2. The van der Waals surface area contributed by atoms with E-state index in [9.17, 15) is 4.79 Å². The average molecular weight is 381 g/mol. The van der Waals surface area contributed by atoms with Crippen LogP contribution in [0.1, 0.15) is 21.5 Å². The van der Waals surface area contributed by atoms with Crippen molar-refractivity contribution in [2.45, 2.75) is 0 Å². The summed E-state index contributed by atoms with van der Waals surface area (Å²) >= 11 is 0. The van der Waals surface area contributed by atoms with Gasteiger partial charge in [-0.2, -0.15) is 5.10 Å². The van der Waals surface area contributed by atoms with E-state index in [-0.39, 0.29) is 0 Å². The second-order valence-electron chi connectivity index (χ2n) is 7.24. The number of hydrogen-bond donors (Lipinski definition) is 1. The summed E-state index contributed by atoms with van der Waals surface area (Å²) in [5.74, 6) is -0.504. The summed E-state index contributed by atoms with van der Waals surface area (Å²) in [7, 11) is 4.03. The van der Waals surface area contributed by atoms with Gasteiger partial charge in [-0.05, 0) is 24.3 Å². The maximum Gasteiger partial charge on any atom is 0.251 e. The fourth-order valence-corrected chi connectivity index (χ4v) is 3.83. The van der Waals surface area contributed by atoms with E-state index in [0.717, 1.165) is 44.9 Å². The number of carbonyl (C=O) groups excluding carboxylic acids is 1. The number of nitrogens with two attached hydrogens (primary N) is 1. The molecule has 0 saturated carbocycles. The summed E-state index contributed by atoms with van der Waals surface area (Å²) < 4.78 is 1.78. The third-order valence-electron chi connectivity index (χ3n) is 5.27. The minimum absolute atomic E-state index is 0.393. The molecule has 2 aromatic carbocycles. The van der Waals surface area contributed by atoms with Crippen molar-refractivity contribution in [1.82, 2.24) is 9.61 Å². The maximum absolute atomic E-state index is 12.2. The number of aromatic nitrogens is 2. The molecule has 1 aliphatic rings. The van der Waals surface area contributed by atoms with Crippen LogP contribution >= 0.6 is 0 Å². The number of carbonyl (C=O) groups is 1. The SMILES string of the molecule is CN(C)c1ccc(C2=Nc3ccccc3-c3c(C(N)=O)cnn4ccc2c34)cc1. The number of nitrogens with zero attached hydrogens (tertiary/aromatic N) is 4. The van der Waals surface area contributed by atoms with E-state index in [1.807, 2.05) is 50.6 Å². The number of aliphatic imine (C=N–C) groups is 1. The Balaban J connectivity index is 1.85. The Labute approximate surface area is 167 Å². The molecule has 0 fully saturated rings. The van der Waals surface area contributed by atoms with Crippen molar-refractivity contribution in [2.75, 3.05) is 19.0 Å². The molecule has 0 radical (unpaired) electrons. The molecule has 0 atom stereocenters. The van der Waals surface area contributed by atoms with E-state index in [4.69, 9.17) is 10.7 Å². The quantitative estimate of drug-likeness (QED) is 0.518. The predicted octanol–water partition coefficient (Wildman–Crippen LogP) is 3.65. The first-order valence-electron chi connectivity index (χ1n) is 9.31. The Hall–Kier alpha value is -3.93.